The van der Waals surface area contributed by atoms with Crippen LogP contribution in [0.25, 0.3) is 17.1 Å². The Morgan fingerprint density at radius 2 is 2.35 bits per heavy atom. The largest absolute Gasteiger partial charge is 0.338 e. The minimum absolute atomic E-state index is 0.0493. The molecule has 0 atom stereocenters. The highest BCUT2D eigenvalue weighted by Gasteiger charge is 2.15. The number of thioether (sulfide) groups is 1. The van der Waals surface area contributed by atoms with E-state index in [1.165, 1.54) is 17.3 Å². The standard InChI is InChI=1S/C12H11N3OS/c1-7-2-3-8-9(4-7)14-10(13-8)5-12-15-11(16)6-17-12/h2-5H,6H2,1H3,(H,13,14)(H,15,16)/b12-5+. The van der Waals surface area contributed by atoms with Crippen molar-refractivity contribution in [3.8, 4) is 0 Å². The Morgan fingerprint density at radius 1 is 1.47 bits per heavy atom. The molecule has 2 aromatic rings. The third kappa shape index (κ3) is 2.06. The third-order valence-electron chi connectivity index (χ3n) is 2.54. The average molecular weight is 245 g/mol. The predicted octanol–water partition coefficient (Wildman–Crippen LogP) is 2.03. The average Bonchev–Trinajstić information content (AvgIpc) is 2.84. The summed E-state index contributed by atoms with van der Waals surface area (Å²) in [6.45, 7) is 2.05. The van der Waals surface area contributed by atoms with Crippen LogP contribution in [0.4, 0.5) is 0 Å². The van der Waals surface area contributed by atoms with Crippen LogP contribution in [0.2, 0.25) is 0 Å². The van der Waals surface area contributed by atoms with Gasteiger partial charge >= 0.3 is 0 Å². The van der Waals surface area contributed by atoms with E-state index in [-0.39, 0.29) is 5.91 Å². The lowest BCUT2D eigenvalue weighted by molar-refractivity contribution is -0.117. The molecule has 3 rings (SSSR count). The predicted molar refractivity (Wildman–Crippen MR) is 69.4 cm³/mol. The van der Waals surface area contributed by atoms with Crippen LogP contribution in [-0.2, 0) is 4.79 Å². The molecule has 86 valence electrons. The molecule has 0 unspecified atom stereocenters. The molecule has 5 heteroatoms. The molecule has 1 amide bonds. The van der Waals surface area contributed by atoms with Crippen molar-refractivity contribution in [1.29, 1.82) is 0 Å². The van der Waals surface area contributed by atoms with Crippen molar-refractivity contribution in [1.82, 2.24) is 15.3 Å². The van der Waals surface area contributed by atoms with E-state index in [9.17, 15) is 4.79 Å². The Kier molecular flexibility index (Phi) is 2.40. The van der Waals surface area contributed by atoms with E-state index in [1.54, 1.807) is 0 Å². The number of carbonyl (C=O) groups is 1. The van der Waals surface area contributed by atoms with E-state index >= 15 is 0 Å². The van der Waals surface area contributed by atoms with Crippen LogP contribution in [0.3, 0.4) is 0 Å². The number of carbonyl (C=O) groups excluding carboxylic acids is 1. The van der Waals surface area contributed by atoms with Crippen LogP contribution in [-0.4, -0.2) is 21.6 Å². The lowest BCUT2D eigenvalue weighted by Gasteiger charge is -1.92. The SMILES string of the molecule is Cc1ccc2nc(/C=C3\NC(=O)CS3)[nH]c2c1. The summed E-state index contributed by atoms with van der Waals surface area (Å²) in [4.78, 5) is 18.7. The van der Waals surface area contributed by atoms with Crippen molar-refractivity contribution in [3.63, 3.8) is 0 Å². The number of H-pyrrole nitrogens is 1. The smallest absolute Gasteiger partial charge is 0.235 e. The van der Waals surface area contributed by atoms with Gasteiger partial charge in [-0.15, -0.1) is 0 Å². The van der Waals surface area contributed by atoms with Gasteiger partial charge in [-0.05, 0) is 24.6 Å². The Bertz CT molecular complexity index is 630. The van der Waals surface area contributed by atoms with E-state index in [4.69, 9.17) is 0 Å². The normalized spacial score (nSPS) is 17.9. The maximum absolute atomic E-state index is 11.1. The molecule has 1 saturated heterocycles. The van der Waals surface area contributed by atoms with E-state index in [0.29, 0.717) is 5.75 Å². The number of rotatable bonds is 1. The number of nitrogens with zero attached hydrogens (tertiary/aromatic N) is 1. The van der Waals surface area contributed by atoms with Crippen LogP contribution in [0.1, 0.15) is 11.4 Å². The lowest BCUT2D eigenvalue weighted by atomic mass is 10.2. The van der Waals surface area contributed by atoms with Gasteiger partial charge in [0.05, 0.1) is 21.8 Å². The number of hydrogen-bond acceptors (Lipinski definition) is 3. The Labute approximate surface area is 103 Å². The maximum atomic E-state index is 11.1. The zero-order valence-electron chi connectivity index (χ0n) is 9.28. The first-order chi connectivity index (χ1) is 8.20. The molecule has 4 nitrogen and oxygen atoms in total. The van der Waals surface area contributed by atoms with Gasteiger partial charge in [-0.2, -0.15) is 0 Å². The van der Waals surface area contributed by atoms with E-state index < -0.39 is 0 Å². The zero-order valence-corrected chi connectivity index (χ0v) is 10.1. The summed E-state index contributed by atoms with van der Waals surface area (Å²) < 4.78 is 0. The van der Waals surface area contributed by atoms with Gasteiger partial charge in [-0.25, -0.2) is 4.98 Å². The Morgan fingerprint density at radius 3 is 3.12 bits per heavy atom. The number of benzene rings is 1. The number of imidazole rings is 1. The second-order valence-corrected chi connectivity index (χ2v) is 5.01. The van der Waals surface area contributed by atoms with Crippen molar-refractivity contribution in [2.75, 3.05) is 5.75 Å². The van der Waals surface area contributed by atoms with Gasteiger partial charge in [0.15, 0.2) is 0 Å². The fourth-order valence-electron chi connectivity index (χ4n) is 1.77. The molecule has 1 aromatic heterocycles. The van der Waals surface area contributed by atoms with E-state index in [1.807, 2.05) is 25.1 Å². The van der Waals surface area contributed by atoms with Crippen molar-refractivity contribution < 1.29 is 4.79 Å². The van der Waals surface area contributed by atoms with Crippen LogP contribution in [0.15, 0.2) is 23.2 Å². The highest BCUT2D eigenvalue weighted by atomic mass is 32.2. The summed E-state index contributed by atoms with van der Waals surface area (Å²) in [5.41, 5.74) is 3.16. The van der Waals surface area contributed by atoms with Gasteiger partial charge in [0.2, 0.25) is 5.91 Å². The van der Waals surface area contributed by atoms with Crippen LogP contribution in [0, 0.1) is 6.92 Å². The molecular formula is C12H11N3OS. The third-order valence-corrected chi connectivity index (χ3v) is 3.48. The van der Waals surface area contributed by atoms with Crippen molar-refractivity contribution in [3.05, 3.63) is 34.6 Å². The van der Waals surface area contributed by atoms with Gasteiger partial charge < -0.3 is 10.3 Å². The topological polar surface area (TPSA) is 57.8 Å². The summed E-state index contributed by atoms with van der Waals surface area (Å²) in [7, 11) is 0. The van der Waals surface area contributed by atoms with Gasteiger partial charge in [-0.3, -0.25) is 4.79 Å². The molecule has 1 aliphatic heterocycles. The van der Waals surface area contributed by atoms with Crippen molar-refractivity contribution in [2.45, 2.75) is 6.92 Å². The Balaban J connectivity index is 1.98. The van der Waals surface area contributed by atoms with E-state index in [0.717, 1.165) is 21.9 Å². The number of nitrogens with one attached hydrogen (secondary N) is 2. The number of aromatic nitrogens is 2. The molecule has 1 aromatic carbocycles. The second kappa shape index (κ2) is 3.92. The summed E-state index contributed by atoms with van der Waals surface area (Å²) >= 11 is 1.50. The molecule has 1 fully saturated rings. The molecule has 17 heavy (non-hydrogen) atoms. The zero-order chi connectivity index (χ0) is 11.8. The van der Waals surface area contributed by atoms with Crippen molar-refractivity contribution >= 4 is 34.8 Å². The van der Waals surface area contributed by atoms with Crippen LogP contribution < -0.4 is 5.32 Å². The summed E-state index contributed by atoms with van der Waals surface area (Å²) in [5, 5.41) is 3.64. The number of aryl methyl sites for hydroxylation is 1. The van der Waals surface area contributed by atoms with Crippen LogP contribution in [0.5, 0.6) is 0 Å². The second-order valence-electron chi connectivity index (χ2n) is 3.99. The summed E-state index contributed by atoms with van der Waals surface area (Å²) in [5.74, 6) is 1.31. The minimum Gasteiger partial charge on any atom is -0.338 e. The fourth-order valence-corrected chi connectivity index (χ4v) is 2.51. The first-order valence-corrected chi connectivity index (χ1v) is 6.30. The Hall–Kier alpha value is -1.75. The molecule has 0 spiro atoms. The van der Waals surface area contributed by atoms with Crippen molar-refractivity contribution in [2.24, 2.45) is 0 Å². The molecule has 1 aliphatic rings. The monoisotopic (exact) mass is 245 g/mol. The van der Waals surface area contributed by atoms with Gasteiger partial charge in [0.25, 0.3) is 0 Å². The molecule has 0 saturated carbocycles. The molecule has 2 heterocycles. The van der Waals surface area contributed by atoms with E-state index in [2.05, 4.69) is 21.4 Å². The van der Waals surface area contributed by atoms with Gasteiger partial charge in [0.1, 0.15) is 5.82 Å². The highest BCUT2D eigenvalue weighted by Crippen LogP contribution is 2.22. The number of amides is 1. The quantitative estimate of drug-likeness (QED) is 0.808. The number of aromatic amines is 1. The molecule has 0 radical (unpaired) electrons. The van der Waals surface area contributed by atoms with Crippen LogP contribution >= 0.6 is 11.8 Å². The molecule has 2 N–H and O–H groups in total. The minimum atomic E-state index is 0.0493. The molecule has 0 bridgehead atoms. The van der Waals surface area contributed by atoms with Gasteiger partial charge in [-0.1, -0.05) is 17.8 Å². The molecule has 0 aliphatic carbocycles. The molecular weight excluding hydrogens is 234 g/mol. The maximum Gasteiger partial charge on any atom is 0.235 e. The first-order valence-electron chi connectivity index (χ1n) is 5.31. The lowest BCUT2D eigenvalue weighted by Crippen LogP contribution is -2.13. The van der Waals surface area contributed by atoms with Gasteiger partial charge in [0, 0.05) is 6.08 Å². The summed E-state index contributed by atoms with van der Waals surface area (Å²) in [6, 6.07) is 6.08. The number of fused-ring (bicyclic) bond motifs is 1. The fraction of sp³-hybridized carbons (Fsp3) is 0.167. The highest BCUT2D eigenvalue weighted by molar-refractivity contribution is 8.04. The number of hydrogen-bond donors (Lipinski definition) is 2. The summed E-state index contributed by atoms with van der Waals surface area (Å²) in [6.07, 6.45) is 1.87. The first kappa shape index (κ1) is 10.4.